The first-order valence-electron chi connectivity index (χ1n) is 13.0. The number of aromatic nitrogens is 2. The Hall–Kier alpha value is -2.98. The summed E-state index contributed by atoms with van der Waals surface area (Å²) in [6.07, 6.45) is 0.853. The average Bonchev–Trinajstić information content (AvgIpc) is 3.28. The zero-order valence-electron chi connectivity index (χ0n) is 20.7. The lowest BCUT2D eigenvalue weighted by atomic mass is 9.96. The van der Waals surface area contributed by atoms with Gasteiger partial charge in [-0.05, 0) is 66.3 Å². The van der Waals surface area contributed by atoms with E-state index in [0.717, 1.165) is 31.0 Å². The monoisotopic (exact) mass is 543 g/mol. The minimum atomic E-state index is -4.58. The van der Waals surface area contributed by atoms with Crippen molar-refractivity contribution in [3.05, 3.63) is 84.7 Å². The van der Waals surface area contributed by atoms with Gasteiger partial charge < -0.3 is 15.0 Å². The van der Waals surface area contributed by atoms with Gasteiger partial charge in [-0.15, -0.1) is 11.3 Å². The Morgan fingerprint density at radius 2 is 1.97 bits per heavy atom. The number of amides is 1. The lowest BCUT2D eigenvalue weighted by Crippen LogP contribution is -2.42. The molecule has 3 heterocycles. The third kappa shape index (κ3) is 4.47. The van der Waals surface area contributed by atoms with Crippen molar-refractivity contribution in [3.8, 4) is 0 Å². The number of carbonyl (C=O) groups excluding carboxylic acids is 1. The summed E-state index contributed by atoms with van der Waals surface area (Å²) < 4.78 is 39.2. The zero-order chi connectivity index (χ0) is 26.7. The fourth-order valence-corrected chi connectivity index (χ4v) is 7.09. The molecule has 0 bridgehead atoms. The van der Waals surface area contributed by atoms with Crippen molar-refractivity contribution in [2.75, 3.05) is 6.54 Å². The smallest absolute Gasteiger partial charge is 0.378 e. The molecule has 200 valence electrons. The molecular weight excluding hydrogens is 515 g/mol. The van der Waals surface area contributed by atoms with Crippen LogP contribution in [0.1, 0.15) is 89.2 Å². The Kier molecular flexibility index (Phi) is 6.22. The molecule has 6 nitrogen and oxygen atoms in total. The normalized spacial score (nSPS) is 19.8. The van der Waals surface area contributed by atoms with Crippen LogP contribution in [-0.4, -0.2) is 32.4 Å². The molecule has 2 N–H and O–H groups in total. The highest BCUT2D eigenvalue weighted by Crippen LogP contribution is 2.54. The number of rotatable bonds is 5. The summed E-state index contributed by atoms with van der Waals surface area (Å²) >= 11 is 1.74. The average molecular weight is 544 g/mol. The number of aliphatic hydroxyl groups is 1. The van der Waals surface area contributed by atoms with E-state index in [2.05, 4.69) is 16.4 Å². The summed E-state index contributed by atoms with van der Waals surface area (Å²) in [5.74, 6) is 0.557. The van der Waals surface area contributed by atoms with Crippen molar-refractivity contribution in [2.45, 2.75) is 75.1 Å². The van der Waals surface area contributed by atoms with Crippen LogP contribution in [0.25, 0.3) is 0 Å². The first kappa shape index (κ1) is 25.3. The highest BCUT2D eigenvalue weighted by atomic mass is 32.1. The van der Waals surface area contributed by atoms with Crippen molar-refractivity contribution in [1.29, 1.82) is 0 Å². The number of hydrogen-bond acceptors (Lipinski definition) is 5. The number of fused-ring (bicyclic) bond motifs is 1. The van der Waals surface area contributed by atoms with E-state index in [1.807, 2.05) is 0 Å². The molecule has 6 rings (SSSR count). The lowest BCUT2D eigenvalue weighted by Gasteiger charge is -2.30. The van der Waals surface area contributed by atoms with Crippen molar-refractivity contribution in [3.63, 3.8) is 0 Å². The van der Waals surface area contributed by atoms with Crippen molar-refractivity contribution >= 4 is 17.2 Å². The highest BCUT2D eigenvalue weighted by molar-refractivity contribution is 7.10. The fourth-order valence-electron chi connectivity index (χ4n) is 5.84. The number of nitrogens with zero attached hydrogens (tertiary/aromatic N) is 2. The van der Waals surface area contributed by atoms with Gasteiger partial charge >= 0.3 is 6.18 Å². The summed E-state index contributed by atoms with van der Waals surface area (Å²) in [6.45, 7) is 0.167. The van der Waals surface area contributed by atoms with Gasteiger partial charge in [0.05, 0.1) is 28.8 Å². The maximum Gasteiger partial charge on any atom is 0.416 e. The predicted molar refractivity (Wildman–Crippen MR) is 136 cm³/mol. The van der Waals surface area contributed by atoms with E-state index in [9.17, 15) is 27.9 Å². The molecule has 38 heavy (non-hydrogen) atoms. The summed E-state index contributed by atoms with van der Waals surface area (Å²) in [7, 11) is 0. The molecule has 3 aromatic rings. The number of alkyl halides is 3. The second-order valence-electron chi connectivity index (χ2n) is 10.7. The van der Waals surface area contributed by atoms with Crippen LogP contribution >= 0.6 is 11.3 Å². The van der Waals surface area contributed by atoms with E-state index in [-0.39, 0.29) is 29.6 Å². The van der Waals surface area contributed by atoms with Gasteiger partial charge in [-0.1, -0.05) is 25.0 Å². The van der Waals surface area contributed by atoms with Crippen molar-refractivity contribution in [1.82, 2.24) is 14.9 Å². The number of H-pyrrole nitrogens is 1. The molecule has 0 saturated heterocycles. The fraction of sp³-hybridized carbons (Fsp3) is 0.464. The van der Waals surface area contributed by atoms with Gasteiger partial charge in [-0.25, -0.2) is 4.98 Å². The van der Waals surface area contributed by atoms with Crippen molar-refractivity contribution in [2.24, 2.45) is 0 Å². The Labute approximate surface area is 221 Å². The van der Waals surface area contributed by atoms with Crippen LogP contribution in [0.3, 0.4) is 0 Å². The second-order valence-corrected chi connectivity index (χ2v) is 11.6. The van der Waals surface area contributed by atoms with Crippen LogP contribution in [0.2, 0.25) is 0 Å². The minimum Gasteiger partial charge on any atom is -0.378 e. The molecule has 1 atom stereocenters. The standard InChI is InChI=1S/C28H28F3N3O3S/c29-28(30,31)19-7-3-6-17(12-19)23(35)25(37)34-11-8-21-20(14-34)24(36)33-26(32-21)27(9-10-27)22-13-18(15-38-22)16-4-1-2-5-16/h3,6-7,12-13,15-16,23,35H,1-2,4-5,8-11,14H2,(H,32,33,36)/t23-/m1/s1. The Morgan fingerprint density at radius 3 is 2.68 bits per heavy atom. The molecule has 0 radical (unpaired) electrons. The number of aromatic amines is 1. The summed E-state index contributed by atoms with van der Waals surface area (Å²) in [6, 6.07) is 6.41. The number of thiophene rings is 1. The molecule has 2 saturated carbocycles. The first-order valence-corrected chi connectivity index (χ1v) is 13.9. The molecule has 1 aliphatic heterocycles. The Balaban J connectivity index is 1.21. The van der Waals surface area contributed by atoms with Gasteiger partial charge in [0, 0.05) is 17.8 Å². The maximum atomic E-state index is 13.2. The molecule has 2 aromatic heterocycles. The highest BCUT2D eigenvalue weighted by Gasteiger charge is 2.50. The molecular formula is C28H28F3N3O3S. The molecule has 2 fully saturated rings. The van der Waals surface area contributed by atoms with E-state index < -0.39 is 23.8 Å². The third-order valence-corrected chi connectivity index (χ3v) is 9.42. The van der Waals surface area contributed by atoms with Gasteiger partial charge in [-0.2, -0.15) is 13.2 Å². The Bertz CT molecular complexity index is 1440. The summed E-state index contributed by atoms with van der Waals surface area (Å²) in [5.41, 5.74) is 0.745. The van der Waals surface area contributed by atoms with Crippen LogP contribution < -0.4 is 5.56 Å². The second kappa shape index (κ2) is 9.34. The SMILES string of the molecule is O=C([C@H](O)c1cccc(C(F)(F)F)c1)N1CCc2nc(C3(c4cc(C5CCCC5)cs4)CC3)[nH]c(=O)c2C1. The van der Waals surface area contributed by atoms with E-state index >= 15 is 0 Å². The molecule has 0 spiro atoms. The number of halogens is 3. The largest absolute Gasteiger partial charge is 0.416 e. The molecule has 0 unspecified atom stereocenters. The number of nitrogens with one attached hydrogen (secondary N) is 1. The summed E-state index contributed by atoms with van der Waals surface area (Å²) in [4.78, 5) is 36.5. The summed E-state index contributed by atoms with van der Waals surface area (Å²) in [5, 5.41) is 12.8. The van der Waals surface area contributed by atoms with Crippen LogP contribution in [0.4, 0.5) is 13.2 Å². The van der Waals surface area contributed by atoms with Gasteiger partial charge in [0.25, 0.3) is 11.5 Å². The van der Waals surface area contributed by atoms with Gasteiger partial charge in [0.1, 0.15) is 5.82 Å². The third-order valence-electron chi connectivity index (χ3n) is 8.27. The van der Waals surface area contributed by atoms with E-state index in [0.29, 0.717) is 29.4 Å². The molecule has 1 aromatic carbocycles. The van der Waals surface area contributed by atoms with Crippen LogP contribution in [0.15, 0.2) is 40.5 Å². The lowest BCUT2D eigenvalue weighted by molar-refractivity contribution is -0.142. The van der Waals surface area contributed by atoms with E-state index in [1.54, 1.807) is 11.3 Å². The predicted octanol–water partition coefficient (Wildman–Crippen LogP) is 5.21. The number of carbonyl (C=O) groups is 1. The van der Waals surface area contributed by atoms with E-state index in [4.69, 9.17) is 4.98 Å². The van der Waals surface area contributed by atoms with Gasteiger partial charge in [-0.3, -0.25) is 9.59 Å². The zero-order valence-corrected chi connectivity index (χ0v) is 21.5. The first-order chi connectivity index (χ1) is 18.2. The van der Waals surface area contributed by atoms with Crippen LogP contribution in [-0.2, 0) is 29.4 Å². The number of hydrogen-bond donors (Lipinski definition) is 2. The van der Waals surface area contributed by atoms with Crippen LogP contribution in [0, 0.1) is 0 Å². The van der Waals surface area contributed by atoms with Crippen molar-refractivity contribution < 1.29 is 23.1 Å². The number of aliphatic hydroxyl groups excluding tert-OH is 1. The molecule has 3 aliphatic rings. The van der Waals surface area contributed by atoms with Crippen LogP contribution in [0.5, 0.6) is 0 Å². The molecule has 10 heteroatoms. The van der Waals surface area contributed by atoms with Gasteiger partial charge in [0.2, 0.25) is 0 Å². The number of benzene rings is 1. The molecule has 1 amide bonds. The van der Waals surface area contributed by atoms with Gasteiger partial charge in [0.15, 0.2) is 6.10 Å². The van der Waals surface area contributed by atoms with E-state index in [1.165, 1.54) is 47.1 Å². The molecule has 2 aliphatic carbocycles. The topological polar surface area (TPSA) is 86.3 Å². The Morgan fingerprint density at radius 1 is 1.21 bits per heavy atom. The minimum absolute atomic E-state index is 0.0510. The maximum absolute atomic E-state index is 13.2. The quantitative estimate of drug-likeness (QED) is 0.463.